The first kappa shape index (κ1) is 20.7. The molecule has 4 nitrogen and oxygen atoms in total. The lowest BCUT2D eigenvalue weighted by Crippen LogP contribution is -2.39. The van der Waals surface area contributed by atoms with Crippen LogP contribution in [0.3, 0.4) is 0 Å². The fourth-order valence-electron chi connectivity index (χ4n) is 4.53. The summed E-state index contributed by atoms with van der Waals surface area (Å²) < 4.78 is 7.30. The third-order valence-corrected chi connectivity index (χ3v) is 7.22. The van der Waals surface area contributed by atoms with Gasteiger partial charge in [0.25, 0.3) is 0 Å². The topological polar surface area (TPSA) is 49.8 Å². The van der Waals surface area contributed by atoms with E-state index in [1.54, 1.807) is 11.3 Å². The highest BCUT2D eigenvalue weighted by molar-refractivity contribution is 7.19. The van der Waals surface area contributed by atoms with Gasteiger partial charge >= 0.3 is 5.97 Å². The molecule has 0 aliphatic carbocycles. The average Bonchev–Trinajstić information content (AvgIpc) is 3.46. The van der Waals surface area contributed by atoms with E-state index in [1.807, 2.05) is 54.6 Å². The second-order valence-corrected chi connectivity index (χ2v) is 9.29. The first-order chi connectivity index (χ1) is 15.7. The van der Waals surface area contributed by atoms with E-state index < -0.39 is 12.0 Å². The van der Waals surface area contributed by atoms with Crippen LogP contribution < -0.4 is 4.74 Å². The molecule has 2 unspecified atom stereocenters. The zero-order chi connectivity index (χ0) is 21.9. The third-order valence-electron chi connectivity index (χ3n) is 6.05. The van der Waals surface area contributed by atoms with E-state index in [0.29, 0.717) is 13.0 Å². The normalized spacial score (nSPS) is 17.4. The van der Waals surface area contributed by atoms with Crippen LogP contribution in [0.15, 0.2) is 84.9 Å². The van der Waals surface area contributed by atoms with Crippen molar-refractivity contribution in [3.8, 4) is 5.75 Å². The Bertz CT molecular complexity index is 1190. The van der Waals surface area contributed by atoms with E-state index >= 15 is 0 Å². The van der Waals surface area contributed by atoms with Gasteiger partial charge in [-0.15, -0.1) is 11.3 Å². The van der Waals surface area contributed by atoms with E-state index in [2.05, 4.69) is 35.2 Å². The predicted octanol–water partition coefficient (Wildman–Crippen LogP) is 6.12. The van der Waals surface area contributed by atoms with Crippen molar-refractivity contribution >= 4 is 27.4 Å². The van der Waals surface area contributed by atoms with Gasteiger partial charge in [0.2, 0.25) is 0 Å². The largest absolute Gasteiger partial charge is 0.489 e. The number of rotatable bonds is 7. The molecule has 0 bridgehead atoms. The Kier molecular flexibility index (Phi) is 5.93. The molecule has 1 N–H and O–H groups in total. The number of ether oxygens (including phenoxy) is 1. The number of fused-ring (bicyclic) bond motifs is 1. The Labute approximate surface area is 191 Å². The lowest BCUT2D eigenvalue weighted by molar-refractivity contribution is -0.142. The number of aliphatic carboxylic acids is 1. The van der Waals surface area contributed by atoms with E-state index in [9.17, 15) is 9.90 Å². The highest BCUT2D eigenvalue weighted by Gasteiger charge is 2.37. The summed E-state index contributed by atoms with van der Waals surface area (Å²) in [7, 11) is 0. The van der Waals surface area contributed by atoms with Crippen molar-refractivity contribution in [3.05, 3.63) is 101 Å². The van der Waals surface area contributed by atoms with Crippen molar-refractivity contribution in [1.29, 1.82) is 0 Å². The Morgan fingerprint density at radius 1 is 1.03 bits per heavy atom. The molecule has 4 aromatic rings. The van der Waals surface area contributed by atoms with Gasteiger partial charge in [0, 0.05) is 16.1 Å². The minimum atomic E-state index is -0.745. The molecular formula is C27H25NO3S. The monoisotopic (exact) mass is 443 g/mol. The summed E-state index contributed by atoms with van der Waals surface area (Å²) >= 11 is 1.74. The van der Waals surface area contributed by atoms with Crippen LogP contribution in [0.4, 0.5) is 0 Å². The van der Waals surface area contributed by atoms with Gasteiger partial charge in [0.1, 0.15) is 18.4 Å². The lowest BCUT2D eigenvalue weighted by Gasteiger charge is -2.31. The van der Waals surface area contributed by atoms with Crippen LogP contribution in [0.5, 0.6) is 5.75 Å². The van der Waals surface area contributed by atoms with E-state index in [1.165, 1.54) is 15.0 Å². The molecule has 1 aromatic heterocycles. The molecule has 3 aromatic carbocycles. The minimum absolute atomic E-state index is 0.115. The van der Waals surface area contributed by atoms with E-state index in [-0.39, 0.29) is 6.04 Å². The molecule has 32 heavy (non-hydrogen) atoms. The van der Waals surface area contributed by atoms with Crippen molar-refractivity contribution in [2.24, 2.45) is 0 Å². The first-order valence-corrected chi connectivity index (χ1v) is 11.7. The van der Waals surface area contributed by atoms with Gasteiger partial charge in [-0.1, -0.05) is 60.7 Å². The standard InChI is InChI=1S/C27H25NO3S/c29-27(30)23-13-7-15-28(23)26(25-17-20-10-4-5-14-24(20)32-25)21-11-6-12-22(16-21)31-18-19-8-2-1-3-9-19/h1-6,8-12,14,16-17,23,26H,7,13,15,18H2,(H,29,30). The number of hydrogen-bond donors (Lipinski definition) is 1. The van der Waals surface area contributed by atoms with Crippen molar-refractivity contribution in [2.45, 2.75) is 31.5 Å². The molecule has 1 aliphatic heterocycles. The summed E-state index contributed by atoms with van der Waals surface area (Å²) in [6, 6.07) is 28.2. The zero-order valence-electron chi connectivity index (χ0n) is 17.7. The van der Waals surface area contributed by atoms with Crippen LogP contribution in [0.25, 0.3) is 10.1 Å². The molecule has 1 aliphatic rings. The van der Waals surface area contributed by atoms with Crippen LogP contribution in [-0.2, 0) is 11.4 Å². The molecule has 0 radical (unpaired) electrons. The summed E-state index contributed by atoms with van der Waals surface area (Å²) in [5.41, 5.74) is 2.18. The predicted molar refractivity (Wildman–Crippen MR) is 128 cm³/mol. The van der Waals surface area contributed by atoms with Crippen LogP contribution in [0.1, 0.15) is 34.9 Å². The molecule has 1 saturated heterocycles. The van der Waals surface area contributed by atoms with Gasteiger partial charge in [0.05, 0.1) is 6.04 Å². The molecule has 0 spiro atoms. The Morgan fingerprint density at radius 2 is 1.84 bits per heavy atom. The summed E-state index contributed by atoms with van der Waals surface area (Å²) in [6.07, 6.45) is 1.57. The van der Waals surface area contributed by atoms with Crippen LogP contribution in [0, 0.1) is 0 Å². The zero-order valence-corrected chi connectivity index (χ0v) is 18.5. The number of carboxylic acids is 1. The lowest BCUT2D eigenvalue weighted by atomic mass is 10.0. The molecule has 1 fully saturated rings. The molecule has 2 heterocycles. The van der Waals surface area contributed by atoms with Gasteiger partial charge in [-0.3, -0.25) is 9.69 Å². The van der Waals surface area contributed by atoms with Gasteiger partial charge in [0.15, 0.2) is 0 Å². The molecule has 2 atom stereocenters. The fourth-order valence-corrected chi connectivity index (χ4v) is 5.75. The molecule has 0 amide bonds. The summed E-state index contributed by atoms with van der Waals surface area (Å²) in [5, 5.41) is 11.1. The Balaban J connectivity index is 1.51. The smallest absolute Gasteiger partial charge is 0.320 e. The summed E-state index contributed by atoms with van der Waals surface area (Å²) in [6.45, 7) is 1.27. The number of nitrogens with zero attached hydrogens (tertiary/aromatic N) is 1. The second kappa shape index (κ2) is 9.15. The first-order valence-electron chi connectivity index (χ1n) is 10.9. The molecule has 162 valence electrons. The number of likely N-dealkylation sites (tertiary alicyclic amines) is 1. The van der Waals surface area contributed by atoms with Crippen molar-refractivity contribution in [3.63, 3.8) is 0 Å². The maximum atomic E-state index is 12.0. The van der Waals surface area contributed by atoms with Crippen LogP contribution in [-0.4, -0.2) is 28.6 Å². The van der Waals surface area contributed by atoms with Gasteiger partial charge in [-0.25, -0.2) is 0 Å². The maximum absolute atomic E-state index is 12.0. The molecule has 5 heteroatoms. The van der Waals surface area contributed by atoms with Gasteiger partial charge in [-0.2, -0.15) is 0 Å². The third kappa shape index (κ3) is 4.27. The average molecular weight is 444 g/mol. The minimum Gasteiger partial charge on any atom is -0.489 e. The second-order valence-electron chi connectivity index (χ2n) is 8.17. The van der Waals surface area contributed by atoms with Crippen molar-refractivity contribution in [1.82, 2.24) is 4.90 Å². The van der Waals surface area contributed by atoms with E-state index in [0.717, 1.165) is 29.8 Å². The SMILES string of the molecule is O=C(O)C1CCCN1C(c1cccc(OCc2ccccc2)c1)c1cc2ccccc2s1. The number of benzene rings is 3. The fraction of sp³-hybridized carbons (Fsp3) is 0.222. The highest BCUT2D eigenvalue weighted by atomic mass is 32.1. The summed E-state index contributed by atoms with van der Waals surface area (Å²) in [4.78, 5) is 15.3. The van der Waals surface area contributed by atoms with E-state index in [4.69, 9.17) is 4.74 Å². The number of hydrogen-bond acceptors (Lipinski definition) is 4. The number of carbonyl (C=O) groups is 1. The Morgan fingerprint density at radius 3 is 2.66 bits per heavy atom. The van der Waals surface area contributed by atoms with Crippen LogP contribution >= 0.6 is 11.3 Å². The Hall–Kier alpha value is -3.15. The molecule has 5 rings (SSSR count). The highest BCUT2D eigenvalue weighted by Crippen LogP contribution is 2.41. The summed E-state index contributed by atoms with van der Waals surface area (Å²) in [5.74, 6) is 0.0497. The van der Waals surface area contributed by atoms with Gasteiger partial charge < -0.3 is 9.84 Å². The molecule has 0 saturated carbocycles. The van der Waals surface area contributed by atoms with Gasteiger partial charge in [-0.05, 0) is 53.6 Å². The quantitative estimate of drug-likeness (QED) is 0.374. The van der Waals surface area contributed by atoms with Crippen LogP contribution in [0.2, 0.25) is 0 Å². The number of thiophene rings is 1. The van der Waals surface area contributed by atoms with Crippen molar-refractivity contribution < 1.29 is 14.6 Å². The number of carboxylic acid groups (broad SMARTS) is 1. The maximum Gasteiger partial charge on any atom is 0.320 e. The van der Waals surface area contributed by atoms with Crippen molar-refractivity contribution in [2.75, 3.05) is 6.54 Å². The molecular weight excluding hydrogens is 418 g/mol.